The van der Waals surface area contributed by atoms with Crippen LogP contribution in [0.15, 0.2) is 60.9 Å². The number of pyridine rings is 1. The van der Waals surface area contributed by atoms with E-state index in [1.807, 2.05) is 54.3 Å². The van der Waals surface area contributed by atoms with Crippen LogP contribution in [0.4, 0.5) is 26.7 Å². The Morgan fingerprint density at radius 3 is 2.45 bits per heavy atom. The van der Waals surface area contributed by atoms with Gasteiger partial charge in [0.25, 0.3) is 5.91 Å². The molecule has 0 saturated carbocycles. The zero-order valence-electron chi connectivity index (χ0n) is 26.7. The molecule has 4 amide bonds. The number of anilines is 3. The number of piperidine rings is 1. The van der Waals surface area contributed by atoms with Crippen LogP contribution < -0.4 is 16.0 Å². The standard InChI is InChI=1S/C35H42ClN7O4/c1-2-25-21-24(22-29(36)32(25)37)23-31(33(44)41-19-17-40(18-20-41)27-7-12-38-13-8-27)47-35(46)42-14-10-28(11-15-42)43-16-9-26-5-3-4-6-30(26)39-34(43)45/h3-8,12-13,21-22,28,31H,2,9-11,14-20,23,37H2,1H3,(H,39,45)/t31-/m1/s1. The van der Waals surface area contributed by atoms with Gasteiger partial charge in [-0.05, 0) is 66.6 Å². The second-order valence-corrected chi connectivity index (χ2v) is 12.8. The van der Waals surface area contributed by atoms with E-state index in [1.54, 1.807) is 28.3 Å². The van der Waals surface area contributed by atoms with E-state index < -0.39 is 12.2 Å². The molecule has 2 fully saturated rings. The lowest BCUT2D eigenvalue weighted by atomic mass is 10.0. The van der Waals surface area contributed by atoms with E-state index in [4.69, 9.17) is 22.1 Å². The number of nitrogen functional groups attached to an aromatic ring is 1. The summed E-state index contributed by atoms with van der Waals surface area (Å²) in [5, 5.41) is 3.46. The lowest BCUT2D eigenvalue weighted by Crippen LogP contribution is -2.54. The van der Waals surface area contributed by atoms with Crippen molar-refractivity contribution >= 4 is 46.7 Å². The number of hydrogen-bond donors (Lipinski definition) is 2. The molecule has 1 aromatic heterocycles. The molecule has 4 heterocycles. The van der Waals surface area contributed by atoms with Crippen LogP contribution in [0.5, 0.6) is 0 Å². The molecule has 0 spiro atoms. The molecule has 3 aliphatic rings. The van der Waals surface area contributed by atoms with Gasteiger partial charge < -0.3 is 35.4 Å². The molecule has 3 N–H and O–H groups in total. The number of aromatic nitrogens is 1. The number of amides is 4. The lowest BCUT2D eigenvalue weighted by molar-refractivity contribution is -0.141. The number of piperazine rings is 1. The molecular formula is C35H42ClN7O4. The van der Waals surface area contributed by atoms with Gasteiger partial charge in [0.1, 0.15) is 0 Å². The van der Waals surface area contributed by atoms with Gasteiger partial charge in [0, 0.05) is 82.0 Å². The summed E-state index contributed by atoms with van der Waals surface area (Å²) < 4.78 is 6.03. The predicted molar refractivity (Wildman–Crippen MR) is 183 cm³/mol. The van der Waals surface area contributed by atoms with Crippen molar-refractivity contribution in [3.8, 4) is 0 Å². The SMILES string of the molecule is CCc1cc(C[C@@H](OC(=O)N2CCC(N3CCc4ccccc4NC3=O)CC2)C(=O)N2CCN(c3ccncc3)CC2)cc(Cl)c1N. The van der Waals surface area contributed by atoms with Crippen LogP contribution in [0.25, 0.3) is 0 Å². The summed E-state index contributed by atoms with van der Waals surface area (Å²) in [5.74, 6) is -0.227. The molecule has 12 heteroatoms. The summed E-state index contributed by atoms with van der Waals surface area (Å²) in [5.41, 5.74) is 11.4. The Morgan fingerprint density at radius 2 is 1.72 bits per heavy atom. The highest BCUT2D eigenvalue weighted by molar-refractivity contribution is 6.33. The highest BCUT2D eigenvalue weighted by Crippen LogP contribution is 2.28. The Morgan fingerprint density at radius 1 is 1.00 bits per heavy atom. The summed E-state index contributed by atoms with van der Waals surface area (Å²) in [6.07, 6.45) is 4.87. The molecule has 3 aromatic rings. The molecule has 1 atom stereocenters. The lowest BCUT2D eigenvalue weighted by Gasteiger charge is -2.39. The molecule has 47 heavy (non-hydrogen) atoms. The molecule has 2 aromatic carbocycles. The van der Waals surface area contributed by atoms with Gasteiger partial charge in [-0.1, -0.05) is 42.8 Å². The van der Waals surface area contributed by atoms with Crippen LogP contribution in [0.2, 0.25) is 5.02 Å². The fraction of sp³-hybridized carbons (Fsp3) is 0.429. The summed E-state index contributed by atoms with van der Waals surface area (Å²) in [7, 11) is 0. The minimum Gasteiger partial charge on any atom is -0.436 e. The smallest absolute Gasteiger partial charge is 0.410 e. The zero-order valence-corrected chi connectivity index (χ0v) is 27.5. The van der Waals surface area contributed by atoms with E-state index in [9.17, 15) is 14.4 Å². The number of urea groups is 1. The number of likely N-dealkylation sites (tertiary alicyclic amines) is 1. The molecule has 248 valence electrons. The van der Waals surface area contributed by atoms with Gasteiger partial charge in [-0.2, -0.15) is 0 Å². The molecule has 0 bridgehead atoms. The minimum absolute atomic E-state index is 0.00636. The second-order valence-electron chi connectivity index (χ2n) is 12.3. The number of ether oxygens (including phenoxy) is 1. The fourth-order valence-corrected chi connectivity index (χ4v) is 7.04. The number of rotatable bonds is 7. The first-order valence-corrected chi connectivity index (χ1v) is 16.8. The van der Waals surface area contributed by atoms with Crippen LogP contribution in [0, 0.1) is 0 Å². The largest absolute Gasteiger partial charge is 0.436 e. The summed E-state index contributed by atoms with van der Waals surface area (Å²) in [6, 6.07) is 15.4. The monoisotopic (exact) mass is 659 g/mol. The van der Waals surface area contributed by atoms with E-state index in [-0.39, 0.29) is 24.4 Å². The summed E-state index contributed by atoms with van der Waals surface area (Å²) in [4.78, 5) is 52.3. The number of hydrogen-bond acceptors (Lipinski definition) is 7. The van der Waals surface area contributed by atoms with Gasteiger partial charge in [0.2, 0.25) is 0 Å². The van der Waals surface area contributed by atoms with Crippen LogP contribution in [0.3, 0.4) is 0 Å². The second kappa shape index (κ2) is 14.5. The highest BCUT2D eigenvalue weighted by Gasteiger charge is 2.35. The van der Waals surface area contributed by atoms with E-state index in [1.165, 1.54) is 0 Å². The number of halogens is 1. The fourth-order valence-electron chi connectivity index (χ4n) is 6.78. The number of nitrogens with one attached hydrogen (secondary N) is 1. The Bertz CT molecular complexity index is 1590. The number of fused-ring (bicyclic) bond motifs is 1. The van der Waals surface area contributed by atoms with E-state index in [0.29, 0.717) is 75.8 Å². The van der Waals surface area contributed by atoms with Crippen LogP contribution in [-0.2, 0) is 28.8 Å². The Hall–Kier alpha value is -4.51. The van der Waals surface area contributed by atoms with Crippen molar-refractivity contribution in [1.82, 2.24) is 19.7 Å². The number of carbonyl (C=O) groups is 3. The van der Waals surface area contributed by atoms with Crippen molar-refractivity contribution < 1.29 is 19.1 Å². The Kier molecular flexibility index (Phi) is 10.0. The number of nitrogens with zero attached hydrogens (tertiary/aromatic N) is 5. The first kappa shape index (κ1) is 32.4. The first-order chi connectivity index (χ1) is 22.8. The van der Waals surface area contributed by atoms with Crippen LogP contribution >= 0.6 is 11.6 Å². The predicted octanol–water partition coefficient (Wildman–Crippen LogP) is 4.83. The minimum atomic E-state index is -1.02. The van der Waals surface area contributed by atoms with Crippen molar-refractivity contribution in [2.75, 3.05) is 61.8 Å². The van der Waals surface area contributed by atoms with Gasteiger partial charge in [0.05, 0.1) is 10.7 Å². The van der Waals surface area contributed by atoms with Gasteiger partial charge in [0.15, 0.2) is 6.10 Å². The summed E-state index contributed by atoms with van der Waals surface area (Å²) in [6.45, 7) is 5.80. The van der Waals surface area contributed by atoms with E-state index in [2.05, 4.69) is 15.2 Å². The maximum Gasteiger partial charge on any atom is 0.410 e. The molecule has 11 nitrogen and oxygen atoms in total. The zero-order chi connectivity index (χ0) is 32.9. The molecular weight excluding hydrogens is 618 g/mol. The first-order valence-electron chi connectivity index (χ1n) is 16.4. The quantitative estimate of drug-likeness (QED) is 0.348. The highest BCUT2D eigenvalue weighted by atomic mass is 35.5. The maximum atomic E-state index is 14.0. The van der Waals surface area contributed by atoms with E-state index in [0.717, 1.165) is 34.5 Å². The topological polar surface area (TPSA) is 124 Å². The third-order valence-corrected chi connectivity index (χ3v) is 9.83. The van der Waals surface area contributed by atoms with Crippen LogP contribution in [0.1, 0.15) is 36.5 Å². The maximum absolute atomic E-state index is 14.0. The third kappa shape index (κ3) is 7.40. The summed E-state index contributed by atoms with van der Waals surface area (Å²) >= 11 is 6.46. The van der Waals surface area contributed by atoms with Crippen molar-refractivity contribution in [3.05, 3.63) is 82.6 Å². The number of aryl methyl sites for hydroxylation is 1. The number of carbonyl (C=O) groups excluding carboxylic acids is 3. The van der Waals surface area contributed by atoms with E-state index >= 15 is 0 Å². The molecule has 0 radical (unpaired) electrons. The average molecular weight is 660 g/mol. The van der Waals surface area contributed by atoms with Crippen molar-refractivity contribution in [1.29, 1.82) is 0 Å². The number of nitrogens with two attached hydrogens (primary N) is 1. The normalized spacial score (nSPS) is 17.9. The average Bonchev–Trinajstić information content (AvgIpc) is 3.27. The third-order valence-electron chi connectivity index (χ3n) is 9.52. The van der Waals surface area contributed by atoms with Crippen LogP contribution in [-0.4, -0.2) is 95.7 Å². The van der Waals surface area contributed by atoms with Crippen molar-refractivity contribution in [2.24, 2.45) is 0 Å². The Labute approximate surface area is 280 Å². The Balaban J connectivity index is 1.11. The van der Waals surface area contributed by atoms with Crippen molar-refractivity contribution in [3.63, 3.8) is 0 Å². The number of benzene rings is 2. The molecule has 0 aliphatic carbocycles. The number of para-hydroxylation sites is 1. The molecule has 6 rings (SSSR count). The molecule has 0 unspecified atom stereocenters. The molecule has 2 saturated heterocycles. The molecule has 3 aliphatic heterocycles. The van der Waals surface area contributed by atoms with Crippen molar-refractivity contribution in [2.45, 2.75) is 51.2 Å². The van der Waals surface area contributed by atoms with Gasteiger partial charge in [-0.15, -0.1) is 0 Å². The van der Waals surface area contributed by atoms with Gasteiger partial charge in [-0.25, -0.2) is 9.59 Å². The van der Waals surface area contributed by atoms with Gasteiger partial charge >= 0.3 is 12.1 Å². The van der Waals surface area contributed by atoms with Gasteiger partial charge in [-0.3, -0.25) is 9.78 Å².